The average molecular weight is 261 g/mol. The zero-order valence-electron chi connectivity index (χ0n) is 10.4. The van der Waals surface area contributed by atoms with Crippen LogP contribution in [0.2, 0.25) is 0 Å². The summed E-state index contributed by atoms with van der Waals surface area (Å²) in [7, 11) is 0. The number of alkyl halides is 3. The Hall–Kier alpha value is -1.07. The molecule has 1 rings (SSSR count). The Morgan fingerprint density at radius 1 is 1.22 bits per heavy atom. The van der Waals surface area contributed by atoms with E-state index in [9.17, 15) is 13.2 Å². The molecular formula is C13H18F3NO. The topological polar surface area (TPSA) is 21.3 Å². The predicted molar refractivity (Wildman–Crippen MR) is 64.3 cm³/mol. The maximum Gasteiger partial charge on any atom is 0.416 e. The van der Waals surface area contributed by atoms with E-state index >= 15 is 0 Å². The lowest BCUT2D eigenvalue weighted by atomic mass is 10.1. The van der Waals surface area contributed by atoms with Gasteiger partial charge in [-0.25, -0.2) is 0 Å². The van der Waals surface area contributed by atoms with E-state index in [0.717, 1.165) is 12.5 Å². The lowest BCUT2D eigenvalue weighted by Gasteiger charge is -2.09. The van der Waals surface area contributed by atoms with Crippen LogP contribution >= 0.6 is 0 Å². The highest BCUT2D eigenvalue weighted by Gasteiger charge is 2.30. The molecule has 0 heterocycles. The van der Waals surface area contributed by atoms with Crippen LogP contribution in [0.1, 0.15) is 24.5 Å². The number of benzene rings is 1. The van der Waals surface area contributed by atoms with E-state index in [1.807, 2.05) is 6.92 Å². The molecule has 0 radical (unpaired) electrons. The minimum absolute atomic E-state index is 0.416. The van der Waals surface area contributed by atoms with Crippen LogP contribution in [0, 0.1) is 0 Å². The quantitative estimate of drug-likeness (QED) is 0.761. The van der Waals surface area contributed by atoms with Crippen LogP contribution < -0.4 is 5.32 Å². The molecule has 1 aromatic rings. The van der Waals surface area contributed by atoms with E-state index in [0.29, 0.717) is 31.9 Å². The molecule has 0 aliphatic rings. The zero-order valence-corrected chi connectivity index (χ0v) is 10.4. The lowest BCUT2D eigenvalue weighted by molar-refractivity contribution is -0.137. The van der Waals surface area contributed by atoms with Crippen molar-refractivity contribution >= 4 is 0 Å². The van der Waals surface area contributed by atoms with E-state index < -0.39 is 11.7 Å². The highest BCUT2D eigenvalue weighted by Crippen LogP contribution is 2.29. The van der Waals surface area contributed by atoms with E-state index in [1.54, 1.807) is 6.07 Å². The Bertz CT molecular complexity index is 352. The number of ether oxygens (including phenoxy) is 1. The standard InChI is InChI=1S/C13H18F3NO/c1-2-7-18-8-6-17-10-11-4-3-5-12(9-11)13(14,15)16/h3-5,9,17H,2,6-8,10H2,1H3. The van der Waals surface area contributed by atoms with Gasteiger partial charge in [-0.2, -0.15) is 13.2 Å². The molecule has 0 saturated heterocycles. The van der Waals surface area contributed by atoms with Gasteiger partial charge in [0.2, 0.25) is 0 Å². The van der Waals surface area contributed by atoms with Gasteiger partial charge in [-0.3, -0.25) is 0 Å². The minimum atomic E-state index is -4.28. The summed E-state index contributed by atoms with van der Waals surface area (Å²) in [6.07, 6.45) is -3.31. The monoisotopic (exact) mass is 261 g/mol. The molecule has 102 valence electrons. The third-order valence-electron chi connectivity index (χ3n) is 2.36. The molecule has 0 amide bonds. The van der Waals surface area contributed by atoms with Gasteiger partial charge in [0.1, 0.15) is 0 Å². The number of hydrogen-bond acceptors (Lipinski definition) is 2. The van der Waals surface area contributed by atoms with Crippen molar-refractivity contribution in [1.82, 2.24) is 5.32 Å². The first-order valence-electron chi connectivity index (χ1n) is 5.98. The van der Waals surface area contributed by atoms with Crippen molar-refractivity contribution in [3.05, 3.63) is 35.4 Å². The van der Waals surface area contributed by atoms with Gasteiger partial charge in [0.25, 0.3) is 0 Å². The first-order valence-corrected chi connectivity index (χ1v) is 5.98. The SMILES string of the molecule is CCCOCCNCc1cccc(C(F)(F)F)c1. The van der Waals surface area contributed by atoms with Gasteiger partial charge in [-0.15, -0.1) is 0 Å². The molecule has 1 aromatic carbocycles. The van der Waals surface area contributed by atoms with E-state index in [4.69, 9.17) is 4.74 Å². The second kappa shape index (κ2) is 7.38. The molecule has 5 heteroatoms. The van der Waals surface area contributed by atoms with Crippen LogP contribution in [0.3, 0.4) is 0 Å². The van der Waals surface area contributed by atoms with Crippen LogP contribution in [0.15, 0.2) is 24.3 Å². The number of rotatable bonds is 7. The highest BCUT2D eigenvalue weighted by atomic mass is 19.4. The van der Waals surface area contributed by atoms with Crippen molar-refractivity contribution in [2.24, 2.45) is 0 Å². The Balaban J connectivity index is 2.34. The van der Waals surface area contributed by atoms with Crippen molar-refractivity contribution in [2.75, 3.05) is 19.8 Å². The molecule has 1 N–H and O–H groups in total. The summed E-state index contributed by atoms with van der Waals surface area (Å²) in [5, 5.41) is 3.05. The summed E-state index contributed by atoms with van der Waals surface area (Å²) in [5.74, 6) is 0. The van der Waals surface area contributed by atoms with Crippen molar-refractivity contribution < 1.29 is 17.9 Å². The highest BCUT2D eigenvalue weighted by molar-refractivity contribution is 5.25. The Morgan fingerprint density at radius 3 is 2.67 bits per heavy atom. The fourth-order valence-electron chi connectivity index (χ4n) is 1.48. The molecule has 0 atom stereocenters. The summed E-state index contributed by atoms with van der Waals surface area (Å²) >= 11 is 0. The van der Waals surface area contributed by atoms with Crippen molar-refractivity contribution in [2.45, 2.75) is 26.1 Å². The molecular weight excluding hydrogens is 243 g/mol. The molecule has 0 spiro atoms. The lowest BCUT2D eigenvalue weighted by Crippen LogP contribution is -2.19. The van der Waals surface area contributed by atoms with E-state index in [-0.39, 0.29) is 0 Å². The minimum Gasteiger partial charge on any atom is -0.380 e. The summed E-state index contributed by atoms with van der Waals surface area (Å²) < 4.78 is 42.6. The van der Waals surface area contributed by atoms with Gasteiger partial charge in [0.15, 0.2) is 0 Å². The number of hydrogen-bond donors (Lipinski definition) is 1. The number of halogens is 3. The largest absolute Gasteiger partial charge is 0.416 e. The summed E-state index contributed by atoms with van der Waals surface area (Å²) in [5.41, 5.74) is 0.0179. The van der Waals surface area contributed by atoms with Crippen LogP contribution in [-0.2, 0) is 17.5 Å². The van der Waals surface area contributed by atoms with Crippen molar-refractivity contribution in [3.8, 4) is 0 Å². The van der Waals surface area contributed by atoms with Crippen molar-refractivity contribution in [3.63, 3.8) is 0 Å². The maximum absolute atomic E-state index is 12.5. The fourth-order valence-corrected chi connectivity index (χ4v) is 1.48. The third-order valence-corrected chi connectivity index (χ3v) is 2.36. The molecule has 0 bridgehead atoms. The maximum atomic E-state index is 12.5. The first-order chi connectivity index (χ1) is 8.54. The summed E-state index contributed by atoms with van der Waals surface area (Å²) in [6.45, 7) is 4.36. The van der Waals surface area contributed by atoms with Crippen LogP contribution in [0.4, 0.5) is 13.2 Å². The average Bonchev–Trinajstić information content (AvgIpc) is 2.33. The van der Waals surface area contributed by atoms with Gasteiger partial charge in [0.05, 0.1) is 12.2 Å². The second-order valence-electron chi connectivity index (χ2n) is 3.99. The van der Waals surface area contributed by atoms with Crippen LogP contribution in [0.25, 0.3) is 0 Å². The Kier molecular flexibility index (Phi) is 6.15. The third kappa shape index (κ3) is 5.51. The second-order valence-corrected chi connectivity index (χ2v) is 3.99. The van der Waals surface area contributed by atoms with Crippen LogP contribution in [-0.4, -0.2) is 19.8 Å². The smallest absolute Gasteiger partial charge is 0.380 e. The van der Waals surface area contributed by atoms with E-state index in [1.165, 1.54) is 12.1 Å². The molecule has 0 aliphatic carbocycles. The summed E-state index contributed by atoms with van der Waals surface area (Å²) in [4.78, 5) is 0. The normalized spacial score (nSPS) is 11.8. The molecule has 18 heavy (non-hydrogen) atoms. The molecule has 0 unspecified atom stereocenters. The molecule has 0 aromatic heterocycles. The Labute approximate surface area is 105 Å². The van der Waals surface area contributed by atoms with Gasteiger partial charge < -0.3 is 10.1 Å². The fraction of sp³-hybridized carbons (Fsp3) is 0.538. The van der Waals surface area contributed by atoms with Gasteiger partial charge in [0, 0.05) is 19.7 Å². The van der Waals surface area contributed by atoms with Crippen molar-refractivity contribution in [1.29, 1.82) is 0 Å². The van der Waals surface area contributed by atoms with Gasteiger partial charge in [-0.1, -0.05) is 25.1 Å². The van der Waals surface area contributed by atoms with Gasteiger partial charge in [-0.05, 0) is 18.1 Å². The summed E-state index contributed by atoms with van der Waals surface area (Å²) in [6, 6.07) is 5.34. The van der Waals surface area contributed by atoms with Gasteiger partial charge >= 0.3 is 6.18 Å². The Morgan fingerprint density at radius 2 is 2.00 bits per heavy atom. The molecule has 0 aliphatic heterocycles. The molecule has 2 nitrogen and oxygen atoms in total. The molecule has 0 saturated carbocycles. The van der Waals surface area contributed by atoms with Crippen LogP contribution in [0.5, 0.6) is 0 Å². The number of nitrogens with one attached hydrogen (secondary N) is 1. The first kappa shape index (κ1) is 15.0. The molecule has 0 fully saturated rings. The van der Waals surface area contributed by atoms with E-state index in [2.05, 4.69) is 5.32 Å². The predicted octanol–water partition coefficient (Wildman–Crippen LogP) is 3.22. The zero-order chi connectivity index (χ0) is 13.4.